The second-order valence-corrected chi connectivity index (χ2v) is 5.32. The van der Waals surface area contributed by atoms with Crippen molar-refractivity contribution in [3.8, 4) is 0 Å². The Morgan fingerprint density at radius 3 is 2.71 bits per heavy atom. The molecule has 0 aliphatic carbocycles. The molecule has 7 heteroatoms. The van der Waals surface area contributed by atoms with Gasteiger partial charge in [0.25, 0.3) is 5.69 Å². The lowest BCUT2D eigenvalue weighted by Crippen LogP contribution is -2.35. The maximum absolute atomic E-state index is 12.2. The predicted octanol–water partition coefficient (Wildman–Crippen LogP) is 3.52. The fourth-order valence-corrected chi connectivity index (χ4v) is 2.59. The Hall–Kier alpha value is -3.22. The summed E-state index contributed by atoms with van der Waals surface area (Å²) >= 11 is 0. The van der Waals surface area contributed by atoms with E-state index >= 15 is 0 Å². The van der Waals surface area contributed by atoms with E-state index in [2.05, 4.69) is 5.16 Å². The van der Waals surface area contributed by atoms with Crippen LogP contribution in [-0.2, 0) is 11.3 Å². The third kappa shape index (κ3) is 3.40. The zero-order valence-corrected chi connectivity index (χ0v) is 12.8. The van der Waals surface area contributed by atoms with E-state index in [0.717, 1.165) is 24.1 Å². The molecule has 7 nitrogen and oxygen atoms in total. The Morgan fingerprint density at radius 1 is 1.21 bits per heavy atom. The number of oxime groups is 1. The van der Waals surface area contributed by atoms with Crippen LogP contribution in [0.4, 0.5) is 16.2 Å². The number of fused-ring (bicyclic) bond motifs is 1. The molecule has 0 spiro atoms. The highest BCUT2D eigenvalue weighted by molar-refractivity contribution is 5.89. The summed E-state index contributed by atoms with van der Waals surface area (Å²) in [6, 6.07) is 13.5. The number of carbonyl (C=O) groups is 1. The predicted molar refractivity (Wildman–Crippen MR) is 89.3 cm³/mol. The number of hydrogen-bond acceptors (Lipinski definition) is 5. The van der Waals surface area contributed by atoms with Crippen molar-refractivity contribution in [2.75, 3.05) is 11.4 Å². The van der Waals surface area contributed by atoms with Crippen molar-refractivity contribution in [3.63, 3.8) is 0 Å². The molecule has 1 aliphatic heterocycles. The number of nitro benzene ring substituents is 1. The number of amides is 1. The molecule has 0 atom stereocenters. The molecule has 122 valence electrons. The number of nitro groups is 1. The molecule has 0 saturated heterocycles. The van der Waals surface area contributed by atoms with Gasteiger partial charge in [-0.15, -0.1) is 0 Å². The lowest BCUT2D eigenvalue weighted by atomic mass is 10.0. The van der Waals surface area contributed by atoms with Crippen molar-refractivity contribution in [1.29, 1.82) is 0 Å². The number of nitrogens with zero attached hydrogens (tertiary/aromatic N) is 3. The molecular weight excluding hydrogens is 310 g/mol. The molecule has 0 unspecified atom stereocenters. The van der Waals surface area contributed by atoms with Crippen LogP contribution in [0.3, 0.4) is 0 Å². The molecule has 3 rings (SSSR count). The van der Waals surface area contributed by atoms with Crippen LogP contribution in [-0.4, -0.2) is 23.8 Å². The monoisotopic (exact) mass is 325 g/mol. The second kappa shape index (κ2) is 6.91. The molecule has 0 bridgehead atoms. The fourth-order valence-electron chi connectivity index (χ4n) is 2.59. The van der Waals surface area contributed by atoms with E-state index in [9.17, 15) is 14.9 Å². The summed E-state index contributed by atoms with van der Waals surface area (Å²) in [5, 5.41) is 14.3. The highest BCUT2D eigenvalue weighted by atomic mass is 16.7. The van der Waals surface area contributed by atoms with Gasteiger partial charge in [0.2, 0.25) is 0 Å². The van der Waals surface area contributed by atoms with Crippen molar-refractivity contribution in [1.82, 2.24) is 0 Å². The maximum Gasteiger partial charge on any atom is 0.440 e. The van der Waals surface area contributed by atoms with Gasteiger partial charge in [0.05, 0.1) is 16.8 Å². The van der Waals surface area contributed by atoms with E-state index in [0.29, 0.717) is 12.1 Å². The highest BCUT2D eigenvalue weighted by Crippen LogP contribution is 2.27. The van der Waals surface area contributed by atoms with Gasteiger partial charge in [0.1, 0.15) is 0 Å². The van der Waals surface area contributed by atoms with Crippen LogP contribution in [0.15, 0.2) is 53.7 Å². The molecular formula is C17H15N3O4. The van der Waals surface area contributed by atoms with E-state index in [1.54, 1.807) is 4.90 Å². The Balaban J connectivity index is 1.64. The highest BCUT2D eigenvalue weighted by Gasteiger charge is 2.23. The van der Waals surface area contributed by atoms with Gasteiger partial charge < -0.3 is 0 Å². The molecule has 24 heavy (non-hydrogen) atoms. The Labute approximate surface area is 138 Å². The van der Waals surface area contributed by atoms with Gasteiger partial charge >= 0.3 is 6.09 Å². The number of benzene rings is 2. The summed E-state index contributed by atoms with van der Waals surface area (Å²) in [6.45, 7) is 0.586. The minimum absolute atomic E-state index is 0.00549. The van der Waals surface area contributed by atoms with Gasteiger partial charge in [-0.05, 0) is 42.2 Å². The first-order valence-electron chi connectivity index (χ1n) is 7.49. The van der Waals surface area contributed by atoms with E-state index in [4.69, 9.17) is 4.84 Å². The van der Waals surface area contributed by atoms with Crippen molar-refractivity contribution in [3.05, 3.63) is 69.8 Å². The minimum Gasteiger partial charge on any atom is -0.298 e. The minimum atomic E-state index is -0.541. The molecule has 1 aliphatic rings. The fraction of sp³-hybridized carbons (Fsp3) is 0.176. The number of non-ortho nitro benzene ring substituents is 1. The summed E-state index contributed by atoms with van der Waals surface area (Å²) in [4.78, 5) is 28.8. The molecule has 2 aromatic rings. The summed E-state index contributed by atoms with van der Waals surface area (Å²) in [5.41, 5.74) is 2.56. The number of anilines is 1. The number of aryl methyl sites for hydroxylation is 1. The molecule has 0 N–H and O–H groups in total. The first-order chi connectivity index (χ1) is 11.6. The standard InChI is InChI=1S/C17H15N3O4/c21-17(19-11-3-5-14-4-1-2-6-16(14)19)24-18-12-13-7-9-15(10-8-13)20(22)23/h1-2,4,6-10,12H,3,5,11H2. The molecule has 0 aromatic heterocycles. The second-order valence-electron chi connectivity index (χ2n) is 5.32. The van der Waals surface area contributed by atoms with Gasteiger partial charge in [-0.3, -0.25) is 19.9 Å². The Morgan fingerprint density at radius 2 is 1.96 bits per heavy atom. The van der Waals surface area contributed by atoms with Gasteiger partial charge in [-0.2, -0.15) is 0 Å². The van der Waals surface area contributed by atoms with Crippen LogP contribution in [0, 0.1) is 10.1 Å². The lowest BCUT2D eigenvalue weighted by Gasteiger charge is -2.27. The lowest BCUT2D eigenvalue weighted by molar-refractivity contribution is -0.384. The van der Waals surface area contributed by atoms with E-state index < -0.39 is 11.0 Å². The Bertz CT molecular complexity index is 787. The smallest absolute Gasteiger partial charge is 0.298 e. The maximum atomic E-state index is 12.2. The first kappa shape index (κ1) is 15.7. The van der Waals surface area contributed by atoms with Gasteiger partial charge in [-0.1, -0.05) is 23.4 Å². The molecule has 0 saturated carbocycles. The van der Waals surface area contributed by atoms with Crippen molar-refractivity contribution < 1.29 is 14.6 Å². The quantitative estimate of drug-likeness (QED) is 0.374. The first-order valence-corrected chi connectivity index (χ1v) is 7.49. The largest absolute Gasteiger partial charge is 0.440 e. The summed E-state index contributed by atoms with van der Waals surface area (Å²) < 4.78 is 0. The molecule has 0 radical (unpaired) electrons. The van der Waals surface area contributed by atoms with Crippen molar-refractivity contribution in [2.24, 2.45) is 5.16 Å². The summed E-state index contributed by atoms with van der Waals surface area (Å²) in [6.07, 6.45) is 2.61. The van der Waals surface area contributed by atoms with Crippen LogP contribution in [0.5, 0.6) is 0 Å². The van der Waals surface area contributed by atoms with Crippen LogP contribution >= 0.6 is 0 Å². The number of hydrogen-bond donors (Lipinski definition) is 0. The average Bonchev–Trinajstić information content (AvgIpc) is 2.61. The molecule has 1 heterocycles. The van der Waals surface area contributed by atoms with Crippen LogP contribution in [0.1, 0.15) is 17.5 Å². The number of rotatable bonds is 3. The summed E-state index contributed by atoms with van der Waals surface area (Å²) in [7, 11) is 0. The third-order valence-corrected chi connectivity index (χ3v) is 3.77. The van der Waals surface area contributed by atoms with Crippen LogP contribution < -0.4 is 4.90 Å². The number of carbonyl (C=O) groups excluding carboxylic acids is 1. The zero-order valence-electron chi connectivity index (χ0n) is 12.8. The SMILES string of the molecule is O=C(ON=Cc1ccc([N+](=O)[O-])cc1)N1CCCc2ccccc21. The van der Waals surface area contributed by atoms with E-state index in [1.807, 2.05) is 24.3 Å². The molecule has 1 amide bonds. The Kier molecular flexibility index (Phi) is 4.51. The van der Waals surface area contributed by atoms with Crippen molar-refractivity contribution in [2.45, 2.75) is 12.8 Å². The molecule has 0 fully saturated rings. The third-order valence-electron chi connectivity index (χ3n) is 3.77. The van der Waals surface area contributed by atoms with E-state index in [1.165, 1.54) is 30.5 Å². The summed E-state index contributed by atoms with van der Waals surface area (Å²) in [5.74, 6) is 0. The average molecular weight is 325 g/mol. The normalized spacial score (nSPS) is 13.6. The van der Waals surface area contributed by atoms with Crippen molar-refractivity contribution >= 4 is 23.7 Å². The van der Waals surface area contributed by atoms with Crippen LogP contribution in [0.25, 0.3) is 0 Å². The van der Waals surface area contributed by atoms with Gasteiger partial charge in [-0.25, -0.2) is 4.79 Å². The topological polar surface area (TPSA) is 85.0 Å². The number of para-hydroxylation sites is 1. The van der Waals surface area contributed by atoms with Gasteiger partial charge in [0, 0.05) is 18.7 Å². The van der Waals surface area contributed by atoms with Gasteiger partial charge in [0.15, 0.2) is 0 Å². The zero-order chi connectivity index (χ0) is 16.9. The molecule has 2 aromatic carbocycles. The van der Waals surface area contributed by atoms with Crippen LogP contribution in [0.2, 0.25) is 0 Å². The van der Waals surface area contributed by atoms with E-state index in [-0.39, 0.29) is 5.69 Å².